The van der Waals surface area contributed by atoms with Gasteiger partial charge in [0.1, 0.15) is 5.82 Å². The summed E-state index contributed by atoms with van der Waals surface area (Å²) >= 11 is 3.19. The van der Waals surface area contributed by atoms with E-state index in [-0.39, 0.29) is 17.8 Å². The van der Waals surface area contributed by atoms with Gasteiger partial charge in [-0.05, 0) is 52.9 Å². The van der Waals surface area contributed by atoms with Crippen LogP contribution in [0.5, 0.6) is 0 Å². The molecule has 2 rings (SSSR count). The molecular weight excluding hydrogens is 273 g/mol. The van der Waals surface area contributed by atoms with Gasteiger partial charge in [0.2, 0.25) is 0 Å². The molecule has 0 aliphatic heterocycles. The molecule has 1 aliphatic rings. The number of benzene rings is 1. The summed E-state index contributed by atoms with van der Waals surface area (Å²) in [6.07, 6.45) is 2.06. The molecule has 0 spiro atoms. The van der Waals surface area contributed by atoms with Crippen LogP contribution in [-0.2, 0) is 0 Å². The van der Waals surface area contributed by atoms with Gasteiger partial charge in [-0.1, -0.05) is 6.92 Å². The van der Waals surface area contributed by atoms with Crippen LogP contribution in [0.4, 0.5) is 4.39 Å². The third kappa shape index (κ3) is 2.43. The summed E-state index contributed by atoms with van der Waals surface area (Å²) in [5.74, 6) is 0.214. The number of nitrogens with one attached hydrogen (secondary N) is 1. The maximum absolute atomic E-state index is 12.8. The first-order chi connectivity index (χ1) is 7.56. The Morgan fingerprint density at radius 3 is 2.75 bits per heavy atom. The Bertz CT molecular complexity index is 415. The Morgan fingerprint density at radius 1 is 1.50 bits per heavy atom. The summed E-state index contributed by atoms with van der Waals surface area (Å²) in [7, 11) is 0. The van der Waals surface area contributed by atoms with Crippen LogP contribution in [0.3, 0.4) is 0 Å². The number of rotatable bonds is 2. The Hall–Kier alpha value is -0.900. The summed E-state index contributed by atoms with van der Waals surface area (Å²) in [6, 6.07) is 4.37. The van der Waals surface area contributed by atoms with Gasteiger partial charge < -0.3 is 5.32 Å². The lowest BCUT2D eigenvalue weighted by molar-refractivity contribution is 0.0895. The SMILES string of the molecule is CC1CC(NC(=O)c2ccc(F)cc2Br)C1. The average Bonchev–Trinajstić information content (AvgIpc) is 2.15. The Morgan fingerprint density at radius 2 is 2.19 bits per heavy atom. The van der Waals surface area contributed by atoms with E-state index in [9.17, 15) is 9.18 Å². The molecule has 1 N–H and O–H groups in total. The quantitative estimate of drug-likeness (QED) is 0.889. The maximum Gasteiger partial charge on any atom is 0.252 e. The lowest BCUT2D eigenvalue weighted by atomic mass is 9.82. The molecule has 1 aromatic carbocycles. The molecular formula is C12H13BrFNO. The highest BCUT2D eigenvalue weighted by Crippen LogP contribution is 2.27. The molecule has 0 heterocycles. The van der Waals surface area contributed by atoms with Gasteiger partial charge in [-0.15, -0.1) is 0 Å². The number of hydrogen-bond acceptors (Lipinski definition) is 1. The highest BCUT2D eigenvalue weighted by molar-refractivity contribution is 9.10. The van der Waals surface area contributed by atoms with Crippen molar-refractivity contribution in [2.75, 3.05) is 0 Å². The number of amides is 1. The second-order valence-electron chi connectivity index (χ2n) is 4.37. The first-order valence-electron chi connectivity index (χ1n) is 5.32. The van der Waals surface area contributed by atoms with Gasteiger partial charge in [0.25, 0.3) is 5.91 Å². The smallest absolute Gasteiger partial charge is 0.252 e. The molecule has 0 saturated heterocycles. The van der Waals surface area contributed by atoms with E-state index in [1.54, 1.807) is 0 Å². The van der Waals surface area contributed by atoms with Crippen LogP contribution in [0, 0.1) is 11.7 Å². The second-order valence-corrected chi connectivity index (χ2v) is 5.23. The molecule has 4 heteroatoms. The molecule has 16 heavy (non-hydrogen) atoms. The van der Waals surface area contributed by atoms with Crippen molar-refractivity contribution in [3.63, 3.8) is 0 Å². The highest BCUT2D eigenvalue weighted by atomic mass is 79.9. The topological polar surface area (TPSA) is 29.1 Å². The van der Waals surface area contributed by atoms with E-state index in [0.29, 0.717) is 16.0 Å². The summed E-state index contributed by atoms with van der Waals surface area (Å²) in [4.78, 5) is 11.8. The van der Waals surface area contributed by atoms with E-state index >= 15 is 0 Å². The molecule has 0 aromatic heterocycles. The van der Waals surface area contributed by atoms with E-state index in [1.165, 1.54) is 18.2 Å². The fraction of sp³-hybridized carbons (Fsp3) is 0.417. The Labute approximate surface area is 102 Å². The number of carbonyl (C=O) groups is 1. The van der Waals surface area contributed by atoms with E-state index in [1.807, 2.05) is 0 Å². The highest BCUT2D eigenvalue weighted by Gasteiger charge is 2.27. The van der Waals surface area contributed by atoms with Crippen molar-refractivity contribution in [1.29, 1.82) is 0 Å². The summed E-state index contributed by atoms with van der Waals surface area (Å²) in [5, 5.41) is 2.93. The van der Waals surface area contributed by atoms with Crippen LogP contribution in [0.2, 0.25) is 0 Å². The average molecular weight is 286 g/mol. The third-order valence-corrected chi connectivity index (χ3v) is 3.54. The van der Waals surface area contributed by atoms with Crippen molar-refractivity contribution in [2.24, 2.45) is 5.92 Å². The Kier molecular flexibility index (Phi) is 3.28. The summed E-state index contributed by atoms with van der Waals surface area (Å²) < 4.78 is 13.3. The van der Waals surface area contributed by atoms with E-state index in [2.05, 4.69) is 28.2 Å². The van der Waals surface area contributed by atoms with E-state index < -0.39 is 0 Å². The molecule has 1 saturated carbocycles. The maximum atomic E-state index is 12.8. The summed E-state index contributed by atoms with van der Waals surface area (Å²) in [5.41, 5.74) is 0.487. The molecule has 0 radical (unpaired) electrons. The van der Waals surface area contributed by atoms with Gasteiger partial charge in [-0.25, -0.2) is 4.39 Å². The zero-order chi connectivity index (χ0) is 11.7. The first kappa shape index (κ1) is 11.6. The van der Waals surface area contributed by atoms with Crippen LogP contribution in [-0.4, -0.2) is 11.9 Å². The van der Waals surface area contributed by atoms with Gasteiger partial charge in [-0.3, -0.25) is 4.79 Å². The van der Waals surface area contributed by atoms with Crippen LogP contribution >= 0.6 is 15.9 Å². The lowest BCUT2D eigenvalue weighted by Gasteiger charge is -2.33. The molecule has 1 aliphatic carbocycles. The Balaban J connectivity index is 2.03. The fourth-order valence-electron chi connectivity index (χ4n) is 1.96. The zero-order valence-corrected chi connectivity index (χ0v) is 10.6. The van der Waals surface area contributed by atoms with Crippen molar-refractivity contribution < 1.29 is 9.18 Å². The van der Waals surface area contributed by atoms with Crippen molar-refractivity contribution >= 4 is 21.8 Å². The molecule has 2 nitrogen and oxygen atoms in total. The fourth-order valence-corrected chi connectivity index (χ4v) is 2.49. The molecule has 0 unspecified atom stereocenters. The predicted molar refractivity (Wildman–Crippen MR) is 63.8 cm³/mol. The number of halogens is 2. The molecule has 1 amide bonds. The van der Waals surface area contributed by atoms with Crippen LogP contribution in [0.15, 0.2) is 22.7 Å². The van der Waals surface area contributed by atoms with E-state index in [4.69, 9.17) is 0 Å². The molecule has 0 bridgehead atoms. The minimum atomic E-state index is -0.347. The van der Waals surface area contributed by atoms with E-state index in [0.717, 1.165) is 12.8 Å². The largest absolute Gasteiger partial charge is 0.349 e. The van der Waals surface area contributed by atoms with Gasteiger partial charge >= 0.3 is 0 Å². The van der Waals surface area contributed by atoms with Gasteiger partial charge in [0.05, 0.1) is 5.56 Å². The normalized spacial score (nSPS) is 23.7. The van der Waals surface area contributed by atoms with Crippen LogP contribution < -0.4 is 5.32 Å². The van der Waals surface area contributed by atoms with Gasteiger partial charge in [-0.2, -0.15) is 0 Å². The standard InChI is InChI=1S/C12H13BrFNO/c1-7-4-9(5-7)15-12(16)10-3-2-8(14)6-11(10)13/h2-3,6-7,9H,4-5H2,1H3,(H,15,16). The number of carbonyl (C=O) groups excluding carboxylic acids is 1. The molecule has 0 atom stereocenters. The zero-order valence-electron chi connectivity index (χ0n) is 8.97. The number of hydrogen-bond donors (Lipinski definition) is 1. The van der Waals surface area contributed by atoms with Crippen molar-refractivity contribution in [3.8, 4) is 0 Å². The third-order valence-electron chi connectivity index (χ3n) is 2.88. The first-order valence-corrected chi connectivity index (χ1v) is 6.11. The van der Waals surface area contributed by atoms with Crippen molar-refractivity contribution in [2.45, 2.75) is 25.8 Å². The molecule has 1 aromatic rings. The minimum absolute atomic E-state index is 0.135. The van der Waals surface area contributed by atoms with Gasteiger partial charge in [0, 0.05) is 10.5 Å². The monoisotopic (exact) mass is 285 g/mol. The van der Waals surface area contributed by atoms with Crippen molar-refractivity contribution in [1.82, 2.24) is 5.32 Å². The predicted octanol–water partition coefficient (Wildman–Crippen LogP) is 3.12. The second kappa shape index (κ2) is 4.53. The summed E-state index contributed by atoms with van der Waals surface area (Å²) in [6.45, 7) is 2.16. The minimum Gasteiger partial charge on any atom is -0.349 e. The van der Waals surface area contributed by atoms with Crippen molar-refractivity contribution in [3.05, 3.63) is 34.1 Å². The molecule has 86 valence electrons. The molecule has 1 fully saturated rings. The lowest BCUT2D eigenvalue weighted by Crippen LogP contribution is -2.43. The van der Waals surface area contributed by atoms with Gasteiger partial charge in [0.15, 0.2) is 0 Å². The van der Waals surface area contributed by atoms with Crippen LogP contribution in [0.1, 0.15) is 30.1 Å². The van der Waals surface area contributed by atoms with Crippen LogP contribution in [0.25, 0.3) is 0 Å².